The molecule has 0 aromatic rings. The molecule has 1 amide bonds. The maximum atomic E-state index is 10.8. The van der Waals surface area contributed by atoms with Crippen molar-refractivity contribution in [3.8, 4) is 0 Å². The van der Waals surface area contributed by atoms with Gasteiger partial charge in [0.05, 0.1) is 25.0 Å². The van der Waals surface area contributed by atoms with E-state index in [0.717, 1.165) is 4.90 Å². The molecule has 0 bridgehead atoms. The number of aliphatic hydroxyl groups is 1. The highest BCUT2D eigenvalue weighted by Crippen LogP contribution is 2.09. The van der Waals surface area contributed by atoms with Gasteiger partial charge in [0.25, 0.3) is 0 Å². The Bertz CT molecular complexity index is 191. The Kier molecular flexibility index (Phi) is 2.09. The largest absolute Gasteiger partial charge is 0.548 e. The van der Waals surface area contributed by atoms with Crippen molar-refractivity contribution in [3.05, 3.63) is 0 Å². The summed E-state index contributed by atoms with van der Waals surface area (Å²) in [6, 6.07) is 0. The number of likely N-dealkylation sites (tertiary alicyclic amines) is 1. The zero-order chi connectivity index (χ0) is 8.43. The molecule has 1 aliphatic rings. The van der Waals surface area contributed by atoms with Crippen LogP contribution in [0.5, 0.6) is 0 Å². The highest BCUT2D eigenvalue weighted by atomic mass is 16.4. The summed E-state index contributed by atoms with van der Waals surface area (Å²) in [5, 5.41) is 18.9. The lowest BCUT2D eigenvalue weighted by atomic mass is 10.3. The summed E-state index contributed by atoms with van der Waals surface area (Å²) in [6.45, 7) is -0.317. The summed E-state index contributed by atoms with van der Waals surface area (Å²) in [4.78, 5) is 21.9. The molecule has 1 aliphatic heterocycles. The van der Waals surface area contributed by atoms with Gasteiger partial charge in [-0.2, -0.15) is 0 Å². The Balaban J connectivity index is 2.47. The molecule has 1 heterocycles. The van der Waals surface area contributed by atoms with Crippen molar-refractivity contribution >= 4 is 11.9 Å². The molecule has 1 atom stereocenters. The van der Waals surface area contributed by atoms with E-state index in [9.17, 15) is 14.7 Å². The maximum Gasteiger partial charge on any atom is 0.225 e. The monoisotopic (exact) mass is 158 g/mol. The van der Waals surface area contributed by atoms with Crippen LogP contribution in [-0.2, 0) is 9.59 Å². The van der Waals surface area contributed by atoms with E-state index in [2.05, 4.69) is 0 Å². The van der Waals surface area contributed by atoms with Crippen LogP contribution in [0, 0.1) is 0 Å². The molecule has 0 aromatic carbocycles. The van der Waals surface area contributed by atoms with Gasteiger partial charge in [-0.3, -0.25) is 4.79 Å². The van der Waals surface area contributed by atoms with Gasteiger partial charge >= 0.3 is 0 Å². The molecule has 0 aromatic heterocycles. The summed E-state index contributed by atoms with van der Waals surface area (Å²) in [6.07, 6.45) is -0.699. The van der Waals surface area contributed by atoms with E-state index < -0.39 is 18.6 Å². The summed E-state index contributed by atoms with van der Waals surface area (Å²) in [7, 11) is 0. The normalized spacial score (nSPS) is 24.3. The number of amides is 1. The summed E-state index contributed by atoms with van der Waals surface area (Å²) in [5.74, 6) is -1.63. The van der Waals surface area contributed by atoms with Crippen LogP contribution >= 0.6 is 0 Å². The molecule has 62 valence electrons. The lowest BCUT2D eigenvalue weighted by Gasteiger charge is -2.15. The van der Waals surface area contributed by atoms with E-state index in [1.807, 2.05) is 0 Å². The third kappa shape index (κ3) is 1.91. The number of rotatable bonds is 2. The number of nitrogens with zero attached hydrogens (tertiary/aromatic N) is 1. The van der Waals surface area contributed by atoms with Crippen molar-refractivity contribution in [1.29, 1.82) is 0 Å². The number of aliphatic hydroxyl groups excluding tert-OH is 1. The predicted molar refractivity (Wildman–Crippen MR) is 32.2 cm³/mol. The quantitative estimate of drug-likeness (QED) is 0.475. The molecule has 1 N–H and O–H groups in total. The van der Waals surface area contributed by atoms with Gasteiger partial charge in [0.15, 0.2) is 0 Å². The van der Waals surface area contributed by atoms with Crippen LogP contribution in [0.15, 0.2) is 0 Å². The van der Waals surface area contributed by atoms with Crippen molar-refractivity contribution in [2.45, 2.75) is 12.5 Å². The van der Waals surface area contributed by atoms with E-state index in [1.165, 1.54) is 0 Å². The van der Waals surface area contributed by atoms with Gasteiger partial charge in [-0.15, -0.1) is 0 Å². The molecule has 1 unspecified atom stereocenters. The highest BCUT2D eigenvalue weighted by molar-refractivity contribution is 5.82. The Hall–Kier alpha value is -1.10. The molecule has 0 saturated carbocycles. The first kappa shape index (κ1) is 8.00. The van der Waals surface area contributed by atoms with E-state index in [-0.39, 0.29) is 18.9 Å². The standard InChI is InChI=1S/C6H9NO4/c8-4-1-5(9)7(2-4)3-6(10)11/h4,8H,1-3H2,(H,10,11)/p-1. The SMILES string of the molecule is O=C([O-])CN1CC(O)CC1=O. The molecule has 1 rings (SSSR count). The van der Waals surface area contributed by atoms with Crippen LogP contribution in [0.25, 0.3) is 0 Å². The van der Waals surface area contributed by atoms with Crippen molar-refractivity contribution in [1.82, 2.24) is 4.90 Å². The average Bonchev–Trinajstić information content (AvgIpc) is 2.09. The van der Waals surface area contributed by atoms with E-state index >= 15 is 0 Å². The number of carboxylic acids is 1. The maximum absolute atomic E-state index is 10.8. The highest BCUT2D eigenvalue weighted by Gasteiger charge is 2.27. The number of hydrogen-bond acceptors (Lipinski definition) is 4. The number of carboxylic acid groups (broad SMARTS) is 1. The van der Waals surface area contributed by atoms with Crippen LogP contribution < -0.4 is 5.11 Å². The number of aliphatic carboxylic acids is 1. The Morgan fingerprint density at radius 1 is 1.82 bits per heavy atom. The van der Waals surface area contributed by atoms with Gasteiger partial charge in [-0.05, 0) is 0 Å². The van der Waals surface area contributed by atoms with E-state index in [4.69, 9.17) is 5.11 Å². The molecular formula is C6H8NO4-. The van der Waals surface area contributed by atoms with Crippen molar-refractivity contribution in [3.63, 3.8) is 0 Å². The van der Waals surface area contributed by atoms with Gasteiger partial charge in [0.2, 0.25) is 5.91 Å². The van der Waals surface area contributed by atoms with Crippen LogP contribution in [0.1, 0.15) is 6.42 Å². The second-order valence-corrected chi connectivity index (χ2v) is 2.50. The number of hydrogen-bond donors (Lipinski definition) is 1. The Morgan fingerprint density at radius 2 is 2.45 bits per heavy atom. The lowest BCUT2D eigenvalue weighted by molar-refractivity contribution is -0.305. The van der Waals surface area contributed by atoms with Crippen LogP contribution in [0.4, 0.5) is 0 Å². The van der Waals surface area contributed by atoms with Gasteiger partial charge in [-0.1, -0.05) is 0 Å². The molecule has 5 heteroatoms. The smallest absolute Gasteiger partial charge is 0.225 e. The third-order valence-electron chi connectivity index (χ3n) is 1.51. The first-order chi connectivity index (χ1) is 5.09. The fourth-order valence-electron chi connectivity index (χ4n) is 1.06. The summed E-state index contributed by atoms with van der Waals surface area (Å²) in [5.41, 5.74) is 0. The van der Waals surface area contributed by atoms with Crippen molar-refractivity contribution < 1.29 is 19.8 Å². The zero-order valence-electron chi connectivity index (χ0n) is 5.82. The number of carbonyl (C=O) groups is 2. The van der Waals surface area contributed by atoms with Crippen LogP contribution in [0.2, 0.25) is 0 Å². The lowest BCUT2D eigenvalue weighted by Crippen LogP contribution is -2.39. The molecule has 0 spiro atoms. The summed E-state index contributed by atoms with van der Waals surface area (Å²) >= 11 is 0. The molecule has 0 aliphatic carbocycles. The average molecular weight is 158 g/mol. The van der Waals surface area contributed by atoms with E-state index in [1.54, 1.807) is 0 Å². The first-order valence-electron chi connectivity index (χ1n) is 3.25. The number of carbonyl (C=O) groups excluding carboxylic acids is 2. The minimum Gasteiger partial charge on any atom is -0.548 e. The summed E-state index contributed by atoms with van der Waals surface area (Å²) < 4.78 is 0. The molecule has 1 saturated heterocycles. The van der Waals surface area contributed by atoms with Crippen LogP contribution in [0.3, 0.4) is 0 Å². The molecule has 0 radical (unpaired) electrons. The zero-order valence-corrected chi connectivity index (χ0v) is 5.82. The van der Waals surface area contributed by atoms with Crippen LogP contribution in [-0.4, -0.2) is 41.1 Å². The molecule has 11 heavy (non-hydrogen) atoms. The van der Waals surface area contributed by atoms with Gasteiger partial charge < -0.3 is 19.9 Å². The molecule has 5 nitrogen and oxygen atoms in total. The predicted octanol–water partition coefficient (Wildman–Crippen LogP) is -2.67. The molecular weight excluding hydrogens is 150 g/mol. The van der Waals surface area contributed by atoms with E-state index in [0.29, 0.717) is 0 Å². The minimum atomic E-state index is -1.30. The molecule has 1 fully saturated rings. The Labute approximate surface area is 63.2 Å². The second-order valence-electron chi connectivity index (χ2n) is 2.50. The second kappa shape index (κ2) is 2.87. The minimum absolute atomic E-state index is 0.0211. The number of β-amino-alcohol motifs (C(OH)–C–C–N with tert-alkyl or cyclic N) is 1. The van der Waals surface area contributed by atoms with Gasteiger partial charge in [0, 0.05) is 6.54 Å². The van der Waals surface area contributed by atoms with Crippen molar-refractivity contribution in [2.24, 2.45) is 0 Å². The van der Waals surface area contributed by atoms with Gasteiger partial charge in [-0.25, -0.2) is 0 Å². The third-order valence-corrected chi connectivity index (χ3v) is 1.51. The Morgan fingerprint density at radius 3 is 2.82 bits per heavy atom. The van der Waals surface area contributed by atoms with Gasteiger partial charge in [0.1, 0.15) is 0 Å². The van der Waals surface area contributed by atoms with Crippen molar-refractivity contribution in [2.75, 3.05) is 13.1 Å². The fraction of sp³-hybridized carbons (Fsp3) is 0.667. The fourth-order valence-corrected chi connectivity index (χ4v) is 1.06. The topological polar surface area (TPSA) is 80.7 Å². The first-order valence-corrected chi connectivity index (χ1v) is 3.25.